The van der Waals surface area contributed by atoms with Crippen LogP contribution in [0.1, 0.15) is 31.0 Å². The molecule has 3 nitrogen and oxygen atoms in total. The molecule has 1 aromatic rings. The number of benzene rings is 1. The zero-order valence-electron chi connectivity index (χ0n) is 10.6. The topological polar surface area (TPSA) is 41.1 Å². The number of hydrogen-bond donors (Lipinski definition) is 2. The smallest absolute Gasteiger partial charge is 0.234 e. The van der Waals surface area contributed by atoms with Crippen molar-refractivity contribution in [3.8, 4) is 0 Å². The first kappa shape index (κ1) is 15.9. The first-order chi connectivity index (χ1) is 7.67. The summed E-state index contributed by atoms with van der Waals surface area (Å²) in [6.07, 6.45) is 1.04. The monoisotopic (exact) mass is 256 g/mol. The number of aryl methyl sites for hydroxylation is 1. The Balaban J connectivity index is 0.00000256. The molecule has 1 atom stereocenters. The number of carbonyl (C=O) groups excluding carboxylic acids is 1. The Kier molecular flexibility index (Phi) is 7.59. The van der Waals surface area contributed by atoms with E-state index in [1.54, 1.807) is 7.05 Å². The Bertz CT molecular complexity index is 338. The van der Waals surface area contributed by atoms with Crippen LogP contribution in [0.25, 0.3) is 0 Å². The van der Waals surface area contributed by atoms with Gasteiger partial charge in [0.25, 0.3) is 0 Å². The zero-order valence-corrected chi connectivity index (χ0v) is 11.4. The van der Waals surface area contributed by atoms with Crippen molar-refractivity contribution in [1.29, 1.82) is 0 Å². The molecule has 1 rings (SSSR count). The molecule has 0 saturated heterocycles. The summed E-state index contributed by atoms with van der Waals surface area (Å²) < 4.78 is 0. The van der Waals surface area contributed by atoms with Gasteiger partial charge in [-0.2, -0.15) is 0 Å². The van der Waals surface area contributed by atoms with Crippen LogP contribution in [0.2, 0.25) is 0 Å². The summed E-state index contributed by atoms with van der Waals surface area (Å²) in [6, 6.07) is 8.42. The minimum atomic E-state index is 0. The van der Waals surface area contributed by atoms with Gasteiger partial charge in [-0.1, -0.05) is 31.2 Å². The van der Waals surface area contributed by atoms with Crippen LogP contribution in [0.15, 0.2) is 24.3 Å². The van der Waals surface area contributed by atoms with Gasteiger partial charge in [-0.15, -0.1) is 12.4 Å². The maximum atomic E-state index is 11.4. The van der Waals surface area contributed by atoms with E-state index in [9.17, 15) is 4.79 Å². The van der Waals surface area contributed by atoms with E-state index in [4.69, 9.17) is 0 Å². The van der Waals surface area contributed by atoms with Gasteiger partial charge in [-0.05, 0) is 31.5 Å². The molecule has 0 bridgehead atoms. The molecule has 0 heterocycles. The van der Waals surface area contributed by atoms with Crippen LogP contribution in [0, 0.1) is 0 Å². The predicted molar refractivity (Wildman–Crippen MR) is 73.6 cm³/mol. The molecule has 0 aliphatic rings. The number of carbonyl (C=O) groups is 1. The highest BCUT2D eigenvalue weighted by Gasteiger charge is 2.08. The van der Waals surface area contributed by atoms with Gasteiger partial charge in [0.1, 0.15) is 0 Å². The fraction of sp³-hybridized carbons (Fsp3) is 0.462. The molecule has 17 heavy (non-hydrogen) atoms. The number of likely N-dealkylation sites (N-methyl/N-ethyl adjacent to an activating group) is 1. The summed E-state index contributed by atoms with van der Waals surface area (Å²) in [6.45, 7) is 4.49. The van der Waals surface area contributed by atoms with Crippen molar-refractivity contribution >= 4 is 18.3 Å². The molecular formula is C13H21ClN2O. The van der Waals surface area contributed by atoms with Crippen LogP contribution in [-0.4, -0.2) is 19.5 Å². The Hall–Kier alpha value is -1.06. The van der Waals surface area contributed by atoms with E-state index in [-0.39, 0.29) is 24.4 Å². The van der Waals surface area contributed by atoms with E-state index in [2.05, 4.69) is 41.8 Å². The van der Waals surface area contributed by atoms with E-state index < -0.39 is 0 Å². The van der Waals surface area contributed by atoms with Gasteiger partial charge >= 0.3 is 0 Å². The van der Waals surface area contributed by atoms with Crippen LogP contribution in [-0.2, 0) is 11.2 Å². The molecule has 0 saturated carbocycles. The third-order valence-corrected chi connectivity index (χ3v) is 2.60. The van der Waals surface area contributed by atoms with Crippen molar-refractivity contribution < 1.29 is 4.79 Å². The van der Waals surface area contributed by atoms with Gasteiger partial charge in [0.2, 0.25) is 5.91 Å². The van der Waals surface area contributed by atoms with Crippen molar-refractivity contribution in [3.63, 3.8) is 0 Å². The Morgan fingerprint density at radius 1 is 1.29 bits per heavy atom. The standard InChI is InChI=1S/C13H20N2O.ClH/c1-4-11-5-7-12(8-6-11)10(2)15-13(16)9-14-3;/h5-8,10,14H,4,9H2,1-3H3,(H,15,16);1H. The summed E-state index contributed by atoms with van der Waals surface area (Å²) in [5, 5.41) is 5.76. The molecule has 0 aliphatic carbocycles. The highest BCUT2D eigenvalue weighted by Crippen LogP contribution is 2.13. The first-order valence-electron chi connectivity index (χ1n) is 5.70. The second kappa shape index (κ2) is 8.09. The highest BCUT2D eigenvalue weighted by atomic mass is 35.5. The molecule has 96 valence electrons. The summed E-state index contributed by atoms with van der Waals surface area (Å²) in [4.78, 5) is 11.4. The van der Waals surface area contributed by atoms with Crippen LogP contribution < -0.4 is 10.6 Å². The van der Waals surface area contributed by atoms with E-state index >= 15 is 0 Å². The summed E-state index contributed by atoms with van der Waals surface area (Å²) in [7, 11) is 1.76. The van der Waals surface area contributed by atoms with E-state index in [0.717, 1.165) is 12.0 Å². The SMILES string of the molecule is CCc1ccc(C(C)NC(=O)CNC)cc1.Cl. The molecule has 1 amide bonds. The summed E-state index contributed by atoms with van der Waals surface area (Å²) >= 11 is 0. The molecule has 0 spiro atoms. The van der Waals surface area contributed by atoms with Crippen molar-refractivity contribution in [3.05, 3.63) is 35.4 Å². The lowest BCUT2D eigenvalue weighted by atomic mass is 10.1. The Morgan fingerprint density at radius 2 is 1.88 bits per heavy atom. The van der Waals surface area contributed by atoms with Gasteiger partial charge in [0.15, 0.2) is 0 Å². The third kappa shape index (κ3) is 5.20. The second-order valence-electron chi connectivity index (χ2n) is 3.91. The molecule has 0 fully saturated rings. The van der Waals surface area contributed by atoms with Crippen LogP contribution >= 0.6 is 12.4 Å². The average Bonchev–Trinajstić information content (AvgIpc) is 2.29. The van der Waals surface area contributed by atoms with Gasteiger partial charge < -0.3 is 10.6 Å². The lowest BCUT2D eigenvalue weighted by Gasteiger charge is -2.14. The van der Waals surface area contributed by atoms with E-state index in [0.29, 0.717) is 6.54 Å². The number of hydrogen-bond acceptors (Lipinski definition) is 2. The van der Waals surface area contributed by atoms with Crippen LogP contribution in [0.3, 0.4) is 0 Å². The average molecular weight is 257 g/mol. The minimum Gasteiger partial charge on any atom is -0.348 e. The lowest BCUT2D eigenvalue weighted by molar-refractivity contribution is -0.120. The van der Waals surface area contributed by atoms with Gasteiger partial charge in [-0.3, -0.25) is 4.79 Å². The maximum Gasteiger partial charge on any atom is 0.234 e. The molecule has 0 aromatic heterocycles. The van der Waals surface area contributed by atoms with Crippen LogP contribution in [0.4, 0.5) is 0 Å². The first-order valence-corrected chi connectivity index (χ1v) is 5.70. The molecule has 1 unspecified atom stereocenters. The van der Waals surface area contributed by atoms with E-state index in [1.165, 1.54) is 5.56 Å². The number of nitrogens with one attached hydrogen (secondary N) is 2. The Morgan fingerprint density at radius 3 is 2.35 bits per heavy atom. The zero-order chi connectivity index (χ0) is 12.0. The van der Waals surface area contributed by atoms with Gasteiger partial charge in [0.05, 0.1) is 12.6 Å². The lowest BCUT2D eigenvalue weighted by Crippen LogP contribution is -2.33. The Labute approximate surface area is 109 Å². The number of rotatable bonds is 5. The van der Waals surface area contributed by atoms with Crippen molar-refractivity contribution in [2.24, 2.45) is 0 Å². The molecule has 4 heteroatoms. The number of amides is 1. The molecule has 0 radical (unpaired) electrons. The largest absolute Gasteiger partial charge is 0.348 e. The molecule has 2 N–H and O–H groups in total. The predicted octanol–water partition coefficient (Wildman–Crippen LogP) is 2.07. The summed E-state index contributed by atoms with van der Waals surface area (Å²) in [5.41, 5.74) is 2.46. The van der Waals surface area contributed by atoms with Crippen LogP contribution in [0.5, 0.6) is 0 Å². The molecule has 1 aromatic carbocycles. The maximum absolute atomic E-state index is 11.4. The van der Waals surface area contributed by atoms with Gasteiger partial charge in [-0.25, -0.2) is 0 Å². The highest BCUT2D eigenvalue weighted by molar-refractivity contribution is 5.85. The van der Waals surface area contributed by atoms with Crippen molar-refractivity contribution in [2.75, 3.05) is 13.6 Å². The normalized spacial score (nSPS) is 11.5. The molecular weight excluding hydrogens is 236 g/mol. The minimum absolute atomic E-state index is 0. The van der Waals surface area contributed by atoms with Crippen molar-refractivity contribution in [2.45, 2.75) is 26.3 Å². The van der Waals surface area contributed by atoms with Crippen molar-refractivity contribution in [1.82, 2.24) is 10.6 Å². The molecule has 0 aliphatic heterocycles. The fourth-order valence-corrected chi connectivity index (χ4v) is 1.58. The quantitative estimate of drug-likeness (QED) is 0.847. The third-order valence-electron chi connectivity index (χ3n) is 2.60. The fourth-order valence-electron chi connectivity index (χ4n) is 1.58. The van der Waals surface area contributed by atoms with E-state index in [1.807, 2.05) is 6.92 Å². The second-order valence-corrected chi connectivity index (χ2v) is 3.91. The van der Waals surface area contributed by atoms with Gasteiger partial charge in [0, 0.05) is 0 Å². The number of halogens is 1. The summed E-state index contributed by atoms with van der Waals surface area (Å²) in [5.74, 6) is 0.0227.